The summed E-state index contributed by atoms with van der Waals surface area (Å²) in [5.74, 6) is -0.460. The second-order valence-corrected chi connectivity index (χ2v) is 5.32. The zero-order valence-electron chi connectivity index (χ0n) is 9.86. The number of halogens is 2. The summed E-state index contributed by atoms with van der Waals surface area (Å²) in [6.45, 7) is 0.397. The van der Waals surface area contributed by atoms with Crippen LogP contribution in [0.2, 0.25) is 5.02 Å². The Balaban J connectivity index is 2.03. The maximum Gasteiger partial charge on any atom is 0.255 e. The van der Waals surface area contributed by atoms with Gasteiger partial charge in [-0.2, -0.15) is 0 Å². The number of phenols is 1. The zero-order chi connectivity index (χ0) is 13.8. The van der Waals surface area contributed by atoms with Gasteiger partial charge in [0.2, 0.25) is 0 Å². The largest absolute Gasteiger partial charge is 0.507 e. The lowest BCUT2D eigenvalue weighted by molar-refractivity contribution is 0.0948. The van der Waals surface area contributed by atoms with Crippen LogP contribution in [0.25, 0.3) is 0 Å². The Morgan fingerprint density at radius 3 is 2.53 bits per heavy atom. The molecule has 2 rings (SSSR count). The minimum Gasteiger partial charge on any atom is -0.507 e. The smallest absolute Gasteiger partial charge is 0.255 e. The molecule has 2 aromatic rings. The van der Waals surface area contributed by atoms with E-state index in [2.05, 4.69) is 21.2 Å². The third kappa shape index (κ3) is 3.72. The van der Waals surface area contributed by atoms with Crippen LogP contribution in [0.1, 0.15) is 15.9 Å². The molecule has 0 aliphatic rings. The lowest BCUT2D eigenvalue weighted by Gasteiger charge is -2.07. The number of phenolic OH excluding ortho intramolecular Hbond substituents is 1. The van der Waals surface area contributed by atoms with Crippen molar-refractivity contribution in [1.82, 2.24) is 5.32 Å². The lowest BCUT2D eigenvalue weighted by Crippen LogP contribution is -2.22. The minimum atomic E-state index is -0.336. The fourth-order valence-corrected chi connectivity index (χ4v) is 2.01. The molecule has 0 heterocycles. The van der Waals surface area contributed by atoms with Gasteiger partial charge in [-0.25, -0.2) is 0 Å². The minimum absolute atomic E-state index is 0.124. The Bertz CT molecular complexity index is 599. The van der Waals surface area contributed by atoms with Crippen molar-refractivity contribution in [3.63, 3.8) is 0 Å². The fraction of sp³-hybridized carbons (Fsp3) is 0.0714. The quantitative estimate of drug-likeness (QED) is 0.894. The molecular weight excluding hydrogens is 330 g/mol. The van der Waals surface area contributed by atoms with Crippen LogP contribution >= 0.6 is 27.5 Å². The van der Waals surface area contributed by atoms with Gasteiger partial charge in [0.05, 0.1) is 5.56 Å². The van der Waals surface area contributed by atoms with E-state index in [0.29, 0.717) is 11.6 Å². The van der Waals surface area contributed by atoms with Gasteiger partial charge in [0.25, 0.3) is 5.91 Å². The van der Waals surface area contributed by atoms with Crippen LogP contribution in [-0.4, -0.2) is 11.0 Å². The Morgan fingerprint density at radius 1 is 1.21 bits per heavy atom. The highest BCUT2D eigenvalue weighted by molar-refractivity contribution is 9.10. The summed E-state index contributed by atoms with van der Waals surface area (Å²) in [7, 11) is 0. The van der Waals surface area contributed by atoms with Crippen molar-refractivity contribution >= 4 is 33.4 Å². The first kappa shape index (κ1) is 13.9. The number of benzene rings is 2. The molecule has 2 aromatic carbocycles. The second-order valence-electron chi connectivity index (χ2n) is 3.97. The molecule has 0 aliphatic heterocycles. The first-order chi connectivity index (χ1) is 9.06. The molecule has 2 N–H and O–H groups in total. The van der Waals surface area contributed by atoms with Crippen LogP contribution in [0.4, 0.5) is 0 Å². The van der Waals surface area contributed by atoms with Gasteiger partial charge < -0.3 is 10.4 Å². The van der Waals surface area contributed by atoms with Gasteiger partial charge in [-0.1, -0.05) is 39.7 Å². The summed E-state index contributed by atoms with van der Waals surface area (Å²) >= 11 is 9.06. The normalized spacial score (nSPS) is 10.2. The number of hydrogen-bond donors (Lipinski definition) is 2. The summed E-state index contributed by atoms with van der Waals surface area (Å²) in [6, 6.07) is 12.0. The predicted octanol–water partition coefficient (Wildman–Crippen LogP) is 3.74. The van der Waals surface area contributed by atoms with E-state index in [1.165, 1.54) is 12.1 Å². The molecule has 0 atom stereocenters. The van der Waals surface area contributed by atoms with Crippen LogP contribution in [0.5, 0.6) is 5.75 Å². The zero-order valence-corrected chi connectivity index (χ0v) is 12.2. The maximum atomic E-state index is 11.9. The average Bonchev–Trinajstić information content (AvgIpc) is 2.37. The molecule has 98 valence electrons. The number of carbonyl (C=O) groups excluding carboxylic acids is 1. The van der Waals surface area contributed by atoms with E-state index in [1.54, 1.807) is 6.07 Å². The molecule has 0 bridgehead atoms. The molecule has 0 aliphatic carbocycles. The third-order valence-electron chi connectivity index (χ3n) is 2.57. The summed E-state index contributed by atoms with van der Waals surface area (Å²) < 4.78 is 0.984. The van der Waals surface area contributed by atoms with Crippen molar-refractivity contribution in [2.45, 2.75) is 6.54 Å². The third-order valence-corrected chi connectivity index (χ3v) is 3.33. The number of amides is 1. The van der Waals surface area contributed by atoms with Gasteiger partial charge in [0.1, 0.15) is 5.75 Å². The van der Waals surface area contributed by atoms with Crippen LogP contribution < -0.4 is 5.32 Å². The number of aromatic hydroxyl groups is 1. The van der Waals surface area contributed by atoms with E-state index in [-0.39, 0.29) is 17.2 Å². The molecule has 0 saturated carbocycles. The Labute approximate surface area is 124 Å². The van der Waals surface area contributed by atoms with Crippen LogP contribution in [0.15, 0.2) is 46.9 Å². The van der Waals surface area contributed by atoms with Gasteiger partial charge >= 0.3 is 0 Å². The van der Waals surface area contributed by atoms with Crippen molar-refractivity contribution in [3.05, 3.63) is 63.1 Å². The van der Waals surface area contributed by atoms with Crippen LogP contribution in [0.3, 0.4) is 0 Å². The monoisotopic (exact) mass is 339 g/mol. The molecule has 0 aromatic heterocycles. The molecule has 0 saturated heterocycles. The van der Waals surface area contributed by atoms with Gasteiger partial charge in [-0.15, -0.1) is 0 Å². The maximum absolute atomic E-state index is 11.9. The number of rotatable bonds is 3. The van der Waals surface area contributed by atoms with Crippen molar-refractivity contribution in [2.24, 2.45) is 0 Å². The van der Waals surface area contributed by atoms with Gasteiger partial charge in [0, 0.05) is 16.0 Å². The van der Waals surface area contributed by atoms with Gasteiger partial charge in [-0.05, 0) is 35.9 Å². The standard InChI is InChI=1S/C14H11BrClNO2/c15-10-3-1-9(2-4-10)8-17-14(19)12-6-5-11(16)7-13(12)18/h1-7,18H,8H2,(H,17,19). The Hall–Kier alpha value is -1.52. The van der Waals surface area contributed by atoms with E-state index in [0.717, 1.165) is 10.0 Å². The number of carbonyl (C=O) groups is 1. The fourth-order valence-electron chi connectivity index (χ4n) is 1.58. The molecular formula is C14H11BrClNO2. The first-order valence-corrected chi connectivity index (χ1v) is 6.74. The van der Waals surface area contributed by atoms with E-state index < -0.39 is 0 Å². The molecule has 19 heavy (non-hydrogen) atoms. The second kappa shape index (κ2) is 6.08. The molecule has 1 amide bonds. The topological polar surface area (TPSA) is 49.3 Å². The molecule has 5 heteroatoms. The molecule has 0 radical (unpaired) electrons. The first-order valence-electron chi connectivity index (χ1n) is 5.57. The van der Waals surface area contributed by atoms with Crippen molar-refractivity contribution in [3.8, 4) is 5.75 Å². The van der Waals surface area contributed by atoms with E-state index >= 15 is 0 Å². The van der Waals surface area contributed by atoms with Gasteiger partial charge in [-0.3, -0.25) is 4.79 Å². The van der Waals surface area contributed by atoms with E-state index in [1.807, 2.05) is 24.3 Å². The lowest BCUT2D eigenvalue weighted by atomic mass is 10.1. The number of hydrogen-bond acceptors (Lipinski definition) is 2. The summed E-state index contributed by atoms with van der Waals surface area (Å²) in [5.41, 5.74) is 1.19. The number of nitrogens with one attached hydrogen (secondary N) is 1. The van der Waals surface area contributed by atoms with Crippen molar-refractivity contribution in [1.29, 1.82) is 0 Å². The summed E-state index contributed by atoms with van der Waals surface area (Å²) in [4.78, 5) is 11.9. The molecule has 3 nitrogen and oxygen atoms in total. The highest BCUT2D eigenvalue weighted by atomic mass is 79.9. The highest BCUT2D eigenvalue weighted by Gasteiger charge is 2.10. The van der Waals surface area contributed by atoms with Crippen molar-refractivity contribution in [2.75, 3.05) is 0 Å². The molecule has 0 spiro atoms. The van der Waals surface area contributed by atoms with Crippen LogP contribution in [0, 0.1) is 0 Å². The predicted molar refractivity (Wildman–Crippen MR) is 78.4 cm³/mol. The Kier molecular flexibility index (Phi) is 4.45. The Morgan fingerprint density at radius 2 is 1.89 bits per heavy atom. The molecule has 0 unspecified atom stereocenters. The van der Waals surface area contributed by atoms with E-state index in [9.17, 15) is 9.90 Å². The molecule has 0 fully saturated rings. The highest BCUT2D eigenvalue weighted by Crippen LogP contribution is 2.21. The SMILES string of the molecule is O=C(NCc1ccc(Br)cc1)c1ccc(Cl)cc1O. The average molecular weight is 341 g/mol. The summed E-state index contributed by atoms with van der Waals surface area (Å²) in [6.07, 6.45) is 0. The van der Waals surface area contributed by atoms with Crippen molar-refractivity contribution < 1.29 is 9.90 Å². The summed E-state index contributed by atoms with van der Waals surface area (Å²) in [5, 5.41) is 12.8. The van der Waals surface area contributed by atoms with E-state index in [4.69, 9.17) is 11.6 Å². The van der Waals surface area contributed by atoms with Gasteiger partial charge in [0.15, 0.2) is 0 Å². The van der Waals surface area contributed by atoms with Crippen LogP contribution in [-0.2, 0) is 6.54 Å².